The van der Waals surface area contributed by atoms with Crippen LogP contribution in [-0.2, 0) is 4.74 Å². The predicted octanol–water partition coefficient (Wildman–Crippen LogP) is 1.39. The highest BCUT2D eigenvalue weighted by Crippen LogP contribution is 2.80. The minimum atomic E-state index is -1.03. The maximum absolute atomic E-state index is 12.5. The van der Waals surface area contributed by atoms with Crippen LogP contribution in [0.3, 0.4) is 0 Å². The van der Waals surface area contributed by atoms with E-state index < -0.39 is 23.2 Å². The Morgan fingerprint density at radius 1 is 1.19 bits per heavy atom. The fraction of sp³-hybridized carbons (Fsp3) is 1.00. The molecule has 6 aliphatic rings. The minimum Gasteiger partial charge on any atom is -0.392 e. The molecule has 0 aromatic rings. The number of piperidine rings is 1. The van der Waals surface area contributed by atoms with E-state index in [9.17, 15) is 15.3 Å². The van der Waals surface area contributed by atoms with E-state index in [2.05, 4.69) is 18.7 Å². The lowest BCUT2D eigenvalue weighted by Gasteiger charge is -2.71. The van der Waals surface area contributed by atoms with Gasteiger partial charge in [-0.2, -0.15) is 0 Å². The van der Waals surface area contributed by atoms with Crippen LogP contribution in [0, 0.1) is 34.5 Å². The standard InChI is InChI=1S/C22H35NO4/c1-4-23-11-19(2)7-6-15(27-3)22-14(19)9-13(18(22)23)20(25)8-5-12-10-21(22,26)17(20)16(12)24/h12-18,24-26H,4-11H2,1-3H3/t12-,13-,14+,15-,16-,17+,18+,19-,20-,21-,22-/m0/s1. The minimum absolute atomic E-state index is 0.0148. The Hall–Kier alpha value is -0.200. The first kappa shape index (κ1) is 17.6. The molecular formula is C22H35NO4. The Morgan fingerprint density at radius 3 is 2.67 bits per heavy atom. The quantitative estimate of drug-likeness (QED) is 0.678. The Balaban J connectivity index is 1.66. The molecule has 11 atom stereocenters. The van der Waals surface area contributed by atoms with Crippen molar-refractivity contribution in [3.63, 3.8) is 0 Å². The fourth-order valence-electron chi connectivity index (χ4n) is 10.1. The molecule has 1 aliphatic heterocycles. The molecule has 7 bridgehead atoms. The summed E-state index contributed by atoms with van der Waals surface area (Å²) in [4.78, 5) is 2.57. The molecule has 5 saturated carbocycles. The summed E-state index contributed by atoms with van der Waals surface area (Å²) in [5.74, 6) is 0.216. The van der Waals surface area contributed by atoms with E-state index in [1.165, 1.54) is 0 Å². The predicted molar refractivity (Wildman–Crippen MR) is 99.9 cm³/mol. The molecule has 0 aromatic carbocycles. The van der Waals surface area contributed by atoms with Gasteiger partial charge in [0.1, 0.15) is 0 Å². The van der Waals surface area contributed by atoms with Crippen molar-refractivity contribution in [1.82, 2.24) is 4.90 Å². The summed E-state index contributed by atoms with van der Waals surface area (Å²) in [6.45, 7) is 6.65. The van der Waals surface area contributed by atoms with Gasteiger partial charge < -0.3 is 20.1 Å². The van der Waals surface area contributed by atoms with Crippen molar-refractivity contribution in [2.45, 2.75) is 81.8 Å². The maximum atomic E-state index is 12.5. The molecule has 27 heavy (non-hydrogen) atoms. The summed E-state index contributed by atoms with van der Waals surface area (Å²) in [6.07, 6.45) is 4.73. The number of hydrogen-bond acceptors (Lipinski definition) is 5. The van der Waals surface area contributed by atoms with Crippen molar-refractivity contribution in [2.24, 2.45) is 34.5 Å². The summed E-state index contributed by atoms with van der Waals surface area (Å²) < 4.78 is 6.15. The van der Waals surface area contributed by atoms with Crippen molar-refractivity contribution in [2.75, 3.05) is 20.2 Å². The van der Waals surface area contributed by atoms with Crippen LogP contribution in [0.2, 0.25) is 0 Å². The molecule has 0 aromatic heterocycles. The van der Waals surface area contributed by atoms with Gasteiger partial charge in [-0.25, -0.2) is 0 Å². The lowest BCUT2D eigenvalue weighted by molar-refractivity contribution is -0.321. The monoisotopic (exact) mass is 377 g/mol. The van der Waals surface area contributed by atoms with Crippen molar-refractivity contribution < 1.29 is 20.1 Å². The molecule has 6 rings (SSSR count). The van der Waals surface area contributed by atoms with Gasteiger partial charge in [0.25, 0.3) is 0 Å². The second-order valence-corrected chi connectivity index (χ2v) is 11.1. The molecule has 3 N–H and O–H groups in total. The number of fused-ring (bicyclic) bond motifs is 2. The van der Waals surface area contributed by atoms with E-state index >= 15 is 0 Å². The van der Waals surface area contributed by atoms with Crippen LogP contribution in [0.25, 0.3) is 0 Å². The van der Waals surface area contributed by atoms with Gasteiger partial charge in [-0.15, -0.1) is 0 Å². The van der Waals surface area contributed by atoms with Crippen molar-refractivity contribution in [1.29, 1.82) is 0 Å². The average Bonchev–Trinajstić information content (AvgIpc) is 3.02. The summed E-state index contributed by atoms with van der Waals surface area (Å²) >= 11 is 0. The van der Waals surface area contributed by atoms with Crippen LogP contribution in [-0.4, -0.2) is 69.9 Å². The summed E-state index contributed by atoms with van der Waals surface area (Å²) in [5.41, 5.74) is -2.17. The number of rotatable bonds is 2. The van der Waals surface area contributed by atoms with Crippen molar-refractivity contribution >= 4 is 0 Å². The van der Waals surface area contributed by atoms with Gasteiger partial charge in [-0.05, 0) is 62.3 Å². The Labute approximate surface area is 162 Å². The Kier molecular flexibility index (Phi) is 3.21. The smallest absolute Gasteiger partial charge is 0.0830 e. The summed E-state index contributed by atoms with van der Waals surface area (Å²) in [6, 6.07) is 0.168. The maximum Gasteiger partial charge on any atom is 0.0830 e. The number of aliphatic hydroxyl groups excluding tert-OH is 1. The van der Waals surface area contributed by atoms with Crippen molar-refractivity contribution in [3.05, 3.63) is 0 Å². The molecular weight excluding hydrogens is 342 g/mol. The number of hydrogen-bond donors (Lipinski definition) is 3. The second kappa shape index (κ2) is 4.92. The Morgan fingerprint density at radius 2 is 1.96 bits per heavy atom. The van der Waals surface area contributed by atoms with Crippen LogP contribution in [0.4, 0.5) is 0 Å². The SMILES string of the molecule is CCN1C[C@]2(C)CC[C@H](OC)[C@@]34[C@@H]2C[C@@H]([C@@H]13)[C@@]1(O)CC[C@H]2C[C@]4(O)[C@@H]1[C@H]2O. The fourth-order valence-corrected chi connectivity index (χ4v) is 10.1. The lowest BCUT2D eigenvalue weighted by atomic mass is 9.41. The van der Waals surface area contributed by atoms with Gasteiger partial charge in [0, 0.05) is 36.9 Å². The molecule has 5 nitrogen and oxygen atoms in total. The van der Waals surface area contributed by atoms with E-state index in [1.807, 2.05) is 7.11 Å². The van der Waals surface area contributed by atoms with Gasteiger partial charge in [-0.3, -0.25) is 4.90 Å². The highest BCUT2D eigenvalue weighted by Gasteiger charge is 2.87. The lowest BCUT2D eigenvalue weighted by Crippen LogP contribution is -2.81. The Bertz CT molecular complexity index is 687. The van der Waals surface area contributed by atoms with Crippen molar-refractivity contribution in [3.8, 4) is 0 Å². The third-order valence-electron chi connectivity index (χ3n) is 10.7. The highest BCUT2D eigenvalue weighted by atomic mass is 16.5. The van der Waals surface area contributed by atoms with Crippen LogP contribution in [0.15, 0.2) is 0 Å². The molecule has 5 aliphatic carbocycles. The molecule has 1 saturated heterocycles. The molecule has 0 radical (unpaired) electrons. The van der Waals surface area contributed by atoms with Gasteiger partial charge in [-0.1, -0.05) is 13.8 Å². The summed E-state index contributed by atoms with van der Waals surface area (Å²) in [5, 5.41) is 35.7. The number of ether oxygens (including phenoxy) is 1. The molecule has 1 spiro atoms. The third kappa shape index (κ3) is 1.56. The molecule has 5 heteroatoms. The van der Waals surface area contributed by atoms with Gasteiger partial charge >= 0.3 is 0 Å². The molecule has 1 heterocycles. The van der Waals surface area contributed by atoms with E-state index in [-0.39, 0.29) is 34.8 Å². The first-order chi connectivity index (χ1) is 12.8. The van der Waals surface area contributed by atoms with E-state index in [0.29, 0.717) is 12.3 Å². The second-order valence-electron chi connectivity index (χ2n) is 11.1. The number of methoxy groups -OCH3 is 1. The third-order valence-corrected chi connectivity index (χ3v) is 10.7. The topological polar surface area (TPSA) is 73.2 Å². The van der Waals surface area contributed by atoms with Crippen LogP contribution in [0.1, 0.15) is 52.4 Å². The number of likely N-dealkylation sites (tertiary alicyclic amines) is 1. The normalized spacial score (nSPS) is 66.2. The van der Waals surface area contributed by atoms with E-state index in [1.54, 1.807) is 0 Å². The number of aliphatic hydroxyl groups is 3. The molecule has 0 unspecified atom stereocenters. The molecule has 152 valence electrons. The van der Waals surface area contributed by atoms with Crippen LogP contribution in [0.5, 0.6) is 0 Å². The first-order valence-electron chi connectivity index (χ1n) is 11.2. The zero-order chi connectivity index (χ0) is 19.0. The zero-order valence-electron chi connectivity index (χ0n) is 16.9. The van der Waals surface area contributed by atoms with E-state index in [0.717, 1.165) is 45.2 Å². The molecule has 0 amide bonds. The van der Waals surface area contributed by atoms with E-state index in [4.69, 9.17) is 4.74 Å². The van der Waals surface area contributed by atoms with Gasteiger partial charge in [0.15, 0.2) is 0 Å². The molecule has 6 fully saturated rings. The highest BCUT2D eigenvalue weighted by molar-refractivity contribution is 5.37. The van der Waals surface area contributed by atoms with Gasteiger partial charge in [0.05, 0.1) is 23.4 Å². The average molecular weight is 378 g/mol. The van der Waals surface area contributed by atoms with Gasteiger partial charge in [0.2, 0.25) is 0 Å². The first-order valence-corrected chi connectivity index (χ1v) is 11.2. The zero-order valence-corrected chi connectivity index (χ0v) is 16.9. The van der Waals surface area contributed by atoms with Crippen LogP contribution < -0.4 is 0 Å². The number of nitrogens with zero attached hydrogens (tertiary/aromatic N) is 1. The van der Waals surface area contributed by atoms with Crippen LogP contribution >= 0.6 is 0 Å². The largest absolute Gasteiger partial charge is 0.392 e. The summed E-state index contributed by atoms with van der Waals surface area (Å²) in [7, 11) is 1.81.